The van der Waals surface area contributed by atoms with E-state index >= 15 is 0 Å². The van der Waals surface area contributed by atoms with Crippen LogP contribution in [0.1, 0.15) is 70.7 Å². The van der Waals surface area contributed by atoms with Crippen molar-refractivity contribution in [3.63, 3.8) is 0 Å². The number of benzene rings is 2. The Hall–Kier alpha value is -5.67. The number of rotatable bonds is 16. The van der Waals surface area contributed by atoms with Crippen LogP contribution < -0.4 is 26.6 Å². The van der Waals surface area contributed by atoms with Crippen LogP contribution in [-0.4, -0.2) is 104 Å². The van der Waals surface area contributed by atoms with Crippen molar-refractivity contribution in [1.29, 1.82) is 0 Å². The molecule has 3 atom stereocenters. The summed E-state index contributed by atoms with van der Waals surface area (Å²) in [4.78, 5) is 92.3. The number of methoxy groups -OCH3 is 2. The monoisotopic (exact) mass is 751 g/mol. The van der Waals surface area contributed by atoms with Gasteiger partial charge in [-0.25, -0.2) is 9.59 Å². The Labute approximate surface area is 316 Å². The van der Waals surface area contributed by atoms with Crippen LogP contribution in [0.5, 0.6) is 0 Å². The van der Waals surface area contributed by atoms with Crippen LogP contribution in [-0.2, 0) is 28.7 Å². The molecule has 0 aromatic heterocycles. The van der Waals surface area contributed by atoms with Gasteiger partial charge < -0.3 is 45.9 Å². The van der Waals surface area contributed by atoms with E-state index in [9.17, 15) is 33.6 Å². The van der Waals surface area contributed by atoms with Crippen LogP contribution >= 0.6 is 0 Å². The van der Waals surface area contributed by atoms with E-state index in [4.69, 9.17) is 0 Å². The molecule has 54 heavy (non-hydrogen) atoms. The van der Waals surface area contributed by atoms with Crippen LogP contribution in [0.2, 0.25) is 0 Å². The molecule has 1 saturated heterocycles. The summed E-state index contributed by atoms with van der Waals surface area (Å²) in [6.07, 6.45) is 1.12. The number of alkyl carbamates (subject to hydrolysis) is 2. The van der Waals surface area contributed by atoms with Gasteiger partial charge in [0, 0.05) is 35.7 Å². The number of hydrogen-bond acceptors (Lipinski definition) is 9. The topological polar surface area (TPSA) is 205 Å². The van der Waals surface area contributed by atoms with Gasteiger partial charge in [-0.3, -0.25) is 24.0 Å². The van der Waals surface area contributed by atoms with E-state index in [1.807, 2.05) is 6.92 Å². The number of anilines is 3. The zero-order valence-corrected chi connectivity index (χ0v) is 32.0. The maximum atomic E-state index is 13.3. The Morgan fingerprint density at radius 2 is 1.28 bits per heavy atom. The SMILES string of the molecule is CCCCN(CC(=O)Nc1ccc(NC(=O)c2ccc(NC(=O)[C@@H]3CCCN3C(=O)[C@@H](NC(=O)OC)C(C)C)cc2)cc1)C(=O)[C@@H](NC(=O)OC)C(C)C. The second-order valence-electron chi connectivity index (χ2n) is 13.7. The van der Waals surface area contributed by atoms with Gasteiger partial charge in [-0.1, -0.05) is 41.0 Å². The molecule has 7 amide bonds. The maximum absolute atomic E-state index is 13.3. The zero-order chi connectivity index (χ0) is 39.9. The number of amides is 7. The summed E-state index contributed by atoms with van der Waals surface area (Å²) in [5.74, 6) is -2.40. The molecule has 0 saturated carbocycles. The first-order chi connectivity index (χ1) is 25.7. The molecule has 294 valence electrons. The van der Waals surface area contributed by atoms with Gasteiger partial charge in [0.2, 0.25) is 23.6 Å². The van der Waals surface area contributed by atoms with Gasteiger partial charge in [-0.2, -0.15) is 0 Å². The predicted molar refractivity (Wildman–Crippen MR) is 203 cm³/mol. The van der Waals surface area contributed by atoms with Crippen molar-refractivity contribution in [3.8, 4) is 0 Å². The fourth-order valence-corrected chi connectivity index (χ4v) is 5.84. The molecular formula is C38H53N7O9. The van der Waals surface area contributed by atoms with Crippen LogP contribution in [0.3, 0.4) is 0 Å². The summed E-state index contributed by atoms with van der Waals surface area (Å²) >= 11 is 0. The molecule has 0 spiro atoms. The predicted octanol–water partition coefficient (Wildman–Crippen LogP) is 4.20. The Morgan fingerprint density at radius 1 is 0.759 bits per heavy atom. The fraction of sp³-hybridized carbons (Fsp3) is 0.500. The molecule has 1 aliphatic heterocycles. The van der Waals surface area contributed by atoms with Crippen molar-refractivity contribution in [2.24, 2.45) is 11.8 Å². The highest BCUT2D eigenvalue weighted by Gasteiger charge is 2.39. The molecule has 1 heterocycles. The number of likely N-dealkylation sites (tertiary alicyclic amines) is 1. The third-order valence-corrected chi connectivity index (χ3v) is 8.89. The number of hydrogen-bond donors (Lipinski definition) is 5. The van der Waals surface area contributed by atoms with Gasteiger partial charge in [0.1, 0.15) is 18.1 Å². The second kappa shape index (κ2) is 20.5. The van der Waals surface area contributed by atoms with Crippen LogP contribution in [0.15, 0.2) is 48.5 Å². The molecule has 0 unspecified atom stereocenters. The first-order valence-corrected chi connectivity index (χ1v) is 18.1. The average Bonchev–Trinajstić information content (AvgIpc) is 3.65. The third kappa shape index (κ3) is 12.2. The first-order valence-electron chi connectivity index (χ1n) is 18.1. The Balaban J connectivity index is 1.57. The summed E-state index contributed by atoms with van der Waals surface area (Å²) in [7, 11) is 2.43. The molecule has 0 aliphatic carbocycles. The molecule has 1 aliphatic rings. The number of unbranched alkanes of at least 4 members (excludes halogenated alkanes) is 1. The van der Waals surface area contributed by atoms with Gasteiger partial charge in [-0.05, 0) is 79.6 Å². The number of ether oxygens (including phenoxy) is 2. The van der Waals surface area contributed by atoms with Gasteiger partial charge in [0.15, 0.2) is 0 Å². The van der Waals surface area contributed by atoms with E-state index in [1.165, 1.54) is 24.0 Å². The maximum Gasteiger partial charge on any atom is 0.407 e. The molecule has 2 aromatic rings. The Bertz CT molecular complexity index is 1630. The molecule has 5 N–H and O–H groups in total. The summed E-state index contributed by atoms with van der Waals surface area (Å²) in [6, 6.07) is 10.3. The molecular weight excluding hydrogens is 698 g/mol. The molecule has 16 nitrogen and oxygen atoms in total. The highest BCUT2D eigenvalue weighted by molar-refractivity contribution is 6.05. The van der Waals surface area contributed by atoms with E-state index in [0.29, 0.717) is 55.0 Å². The lowest BCUT2D eigenvalue weighted by molar-refractivity contribution is -0.139. The number of carbonyl (C=O) groups is 7. The highest BCUT2D eigenvalue weighted by Crippen LogP contribution is 2.23. The van der Waals surface area contributed by atoms with Crippen molar-refractivity contribution in [2.75, 3.05) is 49.8 Å². The van der Waals surface area contributed by atoms with E-state index in [-0.39, 0.29) is 36.1 Å². The molecule has 1 fully saturated rings. The van der Waals surface area contributed by atoms with Crippen molar-refractivity contribution in [2.45, 2.75) is 78.4 Å². The van der Waals surface area contributed by atoms with Gasteiger partial charge in [0.05, 0.1) is 20.8 Å². The normalized spacial score (nSPS) is 14.8. The van der Waals surface area contributed by atoms with Gasteiger partial charge >= 0.3 is 12.2 Å². The number of nitrogens with one attached hydrogen (secondary N) is 5. The quantitative estimate of drug-likeness (QED) is 0.167. The lowest BCUT2D eigenvalue weighted by Crippen LogP contribution is -2.54. The van der Waals surface area contributed by atoms with Crippen molar-refractivity contribution in [3.05, 3.63) is 54.1 Å². The minimum Gasteiger partial charge on any atom is -0.453 e. The van der Waals surface area contributed by atoms with Crippen molar-refractivity contribution >= 4 is 58.8 Å². The molecule has 2 aromatic carbocycles. The van der Waals surface area contributed by atoms with E-state index in [1.54, 1.807) is 76.2 Å². The van der Waals surface area contributed by atoms with Crippen molar-refractivity contribution in [1.82, 2.24) is 20.4 Å². The smallest absolute Gasteiger partial charge is 0.407 e. The molecule has 0 bridgehead atoms. The Morgan fingerprint density at radius 3 is 1.81 bits per heavy atom. The standard InChI is InChI=1S/C38H53N7O9/c1-8-9-20-44(35(49)31(23(2)3)42-37(51)53-6)22-30(46)39-26-16-18-28(19-17-26)40-33(47)25-12-14-27(15-13-25)41-34(48)29-11-10-21-45(29)36(50)32(24(4)5)43-38(52)54-7/h12-19,23-24,29,31-32H,8-11,20-22H2,1-7H3,(H,39,46)(H,40,47)(H,41,48)(H,42,51)(H,43,52)/t29-,31-,32-/m0/s1. The lowest BCUT2D eigenvalue weighted by atomic mass is 10.0. The fourth-order valence-electron chi connectivity index (χ4n) is 5.84. The lowest BCUT2D eigenvalue weighted by Gasteiger charge is -2.30. The van der Waals surface area contributed by atoms with Crippen LogP contribution in [0, 0.1) is 11.8 Å². The molecule has 16 heteroatoms. The summed E-state index contributed by atoms with van der Waals surface area (Å²) in [5.41, 5.74) is 1.70. The van der Waals surface area contributed by atoms with Gasteiger partial charge in [-0.15, -0.1) is 0 Å². The zero-order valence-electron chi connectivity index (χ0n) is 32.0. The minimum absolute atomic E-state index is 0.218. The minimum atomic E-state index is -0.859. The number of carbonyl (C=O) groups excluding carboxylic acids is 7. The van der Waals surface area contributed by atoms with Crippen molar-refractivity contribution < 1.29 is 43.0 Å². The largest absolute Gasteiger partial charge is 0.453 e. The average molecular weight is 752 g/mol. The first kappa shape index (κ1) is 42.7. The van der Waals surface area contributed by atoms with E-state index < -0.39 is 42.1 Å². The molecule has 3 rings (SSSR count). The summed E-state index contributed by atoms with van der Waals surface area (Å²) < 4.78 is 9.32. The summed E-state index contributed by atoms with van der Waals surface area (Å²) in [5, 5.41) is 13.5. The highest BCUT2D eigenvalue weighted by atomic mass is 16.5. The summed E-state index contributed by atoms with van der Waals surface area (Å²) in [6.45, 7) is 9.65. The Kier molecular flexibility index (Phi) is 16.3. The third-order valence-electron chi connectivity index (χ3n) is 8.89. The van der Waals surface area contributed by atoms with E-state index in [0.717, 1.165) is 6.42 Å². The van der Waals surface area contributed by atoms with Gasteiger partial charge in [0.25, 0.3) is 5.91 Å². The van der Waals surface area contributed by atoms with Crippen LogP contribution in [0.25, 0.3) is 0 Å². The second-order valence-corrected chi connectivity index (χ2v) is 13.7. The number of nitrogens with zero attached hydrogens (tertiary/aromatic N) is 2. The molecule has 0 radical (unpaired) electrons. The van der Waals surface area contributed by atoms with E-state index in [2.05, 4.69) is 36.1 Å². The van der Waals surface area contributed by atoms with Crippen LogP contribution in [0.4, 0.5) is 26.7 Å².